The number of aromatic nitrogens is 1. The maximum Gasteiger partial charge on any atom is 0.337 e. The highest BCUT2D eigenvalue weighted by Gasteiger charge is 2.34. The third kappa shape index (κ3) is 7.92. The predicted molar refractivity (Wildman–Crippen MR) is 178 cm³/mol. The molecule has 0 unspecified atom stereocenters. The number of nitrogens with zero attached hydrogens (tertiary/aromatic N) is 2. The number of hydrogen-bond acceptors (Lipinski definition) is 6. The lowest BCUT2D eigenvalue weighted by Gasteiger charge is -2.30. The largest absolute Gasteiger partial charge is 0.493 e. The van der Waals surface area contributed by atoms with Gasteiger partial charge in [0, 0.05) is 29.8 Å². The molecule has 7 nitrogen and oxygen atoms in total. The molecular weight excluding hydrogens is 583 g/mol. The summed E-state index contributed by atoms with van der Waals surface area (Å²) in [5, 5.41) is 10.6. The van der Waals surface area contributed by atoms with E-state index in [-0.39, 0.29) is 5.82 Å². The van der Waals surface area contributed by atoms with E-state index in [9.17, 15) is 14.3 Å². The Hall–Kier alpha value is -4.27. The normalized spacial score (nSPS) is 13.7. The van der Waals surface area contributed by atoms with Gasteiger partial charge in [-0.2, -0.15) is 0 Å². The van der Waals surface area contributed by atoms with Crippen LogP contribution in [0.5, 0.6) is 11.5 Å². The van der Waals surface area contributed by atoms with E-state index in [0.717, 1.165) is 57.7 Å². The molecule has 0 aliphatic carbocycles. The van der Waals surface area contributed by atoms with Crippen molar-refractivity contribution in [2.45, 2.75) is 65.2 Å². The van der Waals surface area contributed by atoms with Gasteiger partial charge in [-0.05, 0) is 119 Å². The third-order valence-electron chi connectivity index (χ3n) is 7.84. The van der Waals surface area contributed by atoms with Gasteiger partial charge in [-0.1, -0.05) is 30.3 Å². The molecule has 1 aliphatic rings. The summed E-state index contributed by atoms with van der Waals surface area (Å²) in [5.74, 6) is 0.233. The summed E-state index contributed by atoms with van der Waals surface area (Å²) in [5.41, 5.74) is 6.79. The summed E-state index contributed by atoms with van der Waals surface area (Å²) >= 11 is 0. The molecule has 1 N–H and O–H groups in total. The monoisotopic (exact) mass is 626 g/mol. The van der Waals surface area contributed by atoms with Crippen molar-refractivity contribution in [2.75, 3.05) is 27.3 Å². The Morgan fingerprint density at radius 1 is 1.02 bits per heavy atom. The molecule has 2 heterocycles. The zero-order chi connectivity index (χ0) is 33.0. The molecule has 1 aromatic heterocycles. The number of hydrogen-bond donors (Lipinski definition) is 1. The first kappa shape index (κ1) is 33.1. The number of carbonyl (C=O) groups is 1. The smallest absolute Gasteiger partial charge is 0.337 e. The summed E-state index contributed by atoms with van der Waals surface area (Å²) in [7, 11) is 3.98. The molecule has 8 heteroatoms. The first-order chi connectivity index (χ1) is 21.9. The second kappa shape index (κ2) is 14.0. The molecule has 5 rings (SSSR count). The number of aliphatic carboxylic acids is 1. The van der Waals surface area contributed by atoms with Gasteiger partial charge in [-0.3, -0.25) is 4.98 Å². The van der Waals surface area contributed by atoms with Gasteiger partial charge in [0.15, 0.2) is 6.10 Å². The number of ether oxygens (including phenoxy) is 3. The van der Waals surface area contributed by atoms with E-state index in [2.05, 4.69) is 11.0 Å². The van der Waals surface area contributed by atoms with Gasteiger partial charge in [0.25, 0.3) is 0 Å². The third-order valence-corrected chi connectivity index (χ3v) is 7.84. The van der Waals surface area contributed by atoms with E-state index in [0.29, 0.717) is 43.2 Å². The number of aryl methyl sites for hydroxylation is 2. The number of halogens is 1. The van der Waals surface area contributed by atoms with Gasteiger partial charge < -0.3 is 24.2 Å². The van der Waals surface area contributed by atoms with Gasteiger partial charge in [-0.15, -0.1) is 0 Å². The zero-order valence-electron chi connectivity index (χ0n) is 27.5. The molecule has 0 bridgehead atoms. The summed E-state index contributed by atoms with van der Waals surface area (Å²) < 4.78 is 31.5. The maximum atomic E-state index is 13.3. The van der Waals surface area contributed by atoms with Crippen LogP contribution in [0.15, 0.2) is 66.7 Å². The van der Waals surface area contributed by atoms with Crippen LogP contribution in [0.2, 0.25) is 0 Å². The number of pyridine rings is 1. The fourth-order valence-corrected chi connectivity index (χ4v) is 5.88. The molecule has 242 valence electrons. The topological polar surface area (TPSA) is 81.1 Å². The molecule has 4 aromatic rings. The van der Waals surface area contributed by atoms with Crippen molar-refractivity contribution < 1.29 is 28.5 Å². The van der Waals surface area contributed by atoms with E-state index in [4.69, 9.17) is 19.2 Å². The molecular formula is C38H43FN2O5. The molecule has 0 spiro atoms. The van der Waals surface area contributed by atoms with Crippen LogP contribution >= 0.6 is 0 Å². The molecule has 0 amide bonds. The van der Waals surface area contributed by atoms with Gasteiger partial charge in [0.1, 0.15) is 17.3 Å². The Bertz CT molecular complexity index is 1680. The number of fused-ring (bicyclic) bond motifs is 1. The minimum absolute atomic E-state index is 0.259. The highest BCUT2D eigenvalue weighted by Crippen LogP contribution is 2.44. The van der Waals surface area contributed by atoms with Crippen molar-refractivity contribution in [3.05, 3.63) is 101 Å². The van der Waals surface area contributed by atoms with E-state index in [1.807, 2.05) is 78.2 Å². The lowest BCUT2D eigenvalue weighted by Crippen LogP contribution is -2.29. The van der Waals surface area contributed by atoms with Crippen molar-refractivity contribution in [3.8, 4) is 33.8 Å². The second-order valence-electron chi connectivity index (χ2n) is 13.0. The average molecular weight is 627 g/mol. The van der Waals surface area contributed by atoms with Crippen LogP contribution in [-0.2, 0) is 28.9 Å². The van der Waals surface area contributed by atoms with Crippen molar-refractivity contribution in [2.24, 2.45) is 0 Å². The Morgan fingerprint density at radius 3 is 2.37 bits per heavy atom. The summed E-state index contributed by atoms with van der Waals surface area (Å²) in [6.07, 6.45) is 1.21. The first-order valence-electron chi connectivity index (χ1n) is 15.7. The molecule has 46 heavy (non-hydrogen) atoms. The van der Waals surface area contributed by atoms with Gasteiger partial charge in [0.05, 0.1) is 24.5 Å². The molecule has 1 atom stereocenters. The van der Waals surface area contributed by atoms with Gasteiger partial charge in [0.2, 0.25) is 0 Å². The maximum absolute atomic E-state index is 13.3. The Balaban J connectivity index is 1.64. The van der Waals surface area contributed by atoms with Crippen molar-refractivity contribution in [3.63, 3.8) is 0 Å². The van der Waals surface area contributed by atoms with Crippen molar-refractivity contribution >= 4 is 5.97 Å². The second-order valence-corrected chi connectivity index (χ2v) is 13.0. The quantitative estimate of drug-likeness (QED) is 0.182. The standard InChI is InChI=1S/C38H43FN2O5/c1-24-33(36(37(42)43)46-38(2,3)4)35(28-13-18-32-27(22-28)8-7-20-45-32)34(31(40-24)23-41(5)6)26-11-16-30(17-12-26)44-21-19-25-9-14-29(39)15-10-25/h9-18,22,36H,7-8,19-21,23H2,1-6H3,(H,42,43)/t36-/m0/s1. The first-order valence-corrected chi connectivity index (χ1v) is 15.7. The van der Waals surface area contributed by atoms with E-state index in [1.54, 1.807) is 12.1 Å². The van der Waals surface area contributed by atoms with Gasteiger partial charge >= 0.3 is 5.97 Å². The fourth-order valence-electron chi connectivity index (χ4n) is 5.88. The Morgan fingerprint density at radius 2 is 1.72 bits per heavy atom. The van der Waals surface area contributed by atoms with Crippen LogP contribution in [0.4, 0.5) is 4.39 Å². The van der Waals surface area contributed by atoms with Crippen LogP contribution in [0.25, 0.3) is 22.3 Å². The number of carboxylic acid groups (broad SMARTS) is 1. The Kier molecular flexibility index (Phi) is 10.1. The summed E-state index contributed by atoms with van der Waals surface area (Å²) in [4.78, 5) is 20.0. The SMILES string of the molecule is Cc1nc(CN(C)C)c(-c2ccc(OCCc3ccc(F)cc3)cc2)c(-c2ccc3c(c2)CCCO3)c1[C@H](OC(C)(C)C)C(=O)O. The van der Waals surface area contributed by atoms with Crippen molar-refractivity contribution in [1.29, 1.82) is 0 Å². The van der Waals surface area contributed by atoms with E-state index in [1.165, 1.54) is 12.1 Å². The number of benzene rings is 3. The van der Waals surface area contributed by atoms with Crippen LogP contribution in [-0.4, -0.2) is 53.9 Å². The molecule has 1 aliphatic heterocycles. The number of carboxylic acids is 1. The fraction of sp³-hybridized carbons (Fsp3) is 0.368. The highest BCUT2D eigenvalue weighted by atomic mass is 19.1. The van der Waals surface area contributed by atoms with Crippen LogP contribution < -0.4 is 9.47 Å². The lowest BCUT2D eigenvalue weighted by atomic mass is 9.85. The molecule has 0 radical (unpaired) electrons. The zero-order valence-corrected chi connectivity index (χ0v) is 27.5. The van der Waals surface area contributed by atoms with Crippen molar-refractivity contribution in [1.82, 2.24) is 9.88 Å². The Labute approximate surface area is 271 Å². The average Bonchev–Trinajstić information content (AvgIpc) is 3.00. The summed E-state index contributed by atoms with van der Waals surface area (Å²) in [6.45, 7) is 9.12. The van der Waals surface area contributed by atoms with E-state index >= 15 is 0 Å². The predicted octanol–water partition coefficient (Wildman–Crippen LogP) is 7.81. The van der Waals surface area contributed by atoms with Crippen LogP contribution in [0.3, 0.4) is 0 Å². The minimum Gasteiger partial charge on any atom is -0.493 e. The lowest BCUT2D eigenvalue weighted by molar-refractivity contribution is -0.160. The molecule has 0 fully saturated rings. The van der Waals surface area contributed by atoms with Crippen LogP contribution in [0, 0.1) is 12.7 Å². The molecule has 3 aromatic carbocycles. The molecule has 0 saturated carbocycles. The summed E-state index contributed by atoms with van der Waals surface area (Å²) in [6, 6.07) is 20.4. The van der Waals surface area contributed by atoms with Crippen LogP contribution in [0.1, 0.15) is 61.4 Å². The highest BCUT2D eigenvalue weighted by molar-refractivity contribution is 5.91. The van der Waals surface area contributed by atoms with E-state index < -0.39 is 17.7 Å². The van der Waals surface area contributed by atoms with Gasteiger partial charge in [-0.25, -0.2) is 9.18 Å². The molecule has 0 saturated heterocycles. The minimum atomic E-state index is -1.24. The number of rotatable bonds is 11.